The average molecular weight is 296 g/mol. The van der Waals surface area contributed by atoms with E-state index in [0.717, 1.165) is 19.1 Å². The second-order valence-corrected chi connectivity index (χ2v) is 7.30. The number of piperazine rings is 1. The lowest BCUT2D eigenvalue weighted by molar-refractivity contribution is 0.0469. The predicted octanol–water partition coefficient (Wildman–Crippen LogP) is 3.23. The average Bonchev–Trinajstić information content (AvgIpc) is 2.48. The Bertz CT molecular complexity index is 257. The third-order valence-corrected chi connectivity index (χ3v) is 5.55. The molecule has 1 atom stereocenters. The van der Waals surface area contributed by atoms with Crippen LogP contribution in [0.3, 0.4) is 0 Å². The Hall–Kier alpha value is -0.120. The Morgan fingerprint density at radius 3 is 1.86 bits per heavy atom. The van der Waals surface area contributed by atoms with Gasteiger partial charge in [0.2, 0.25) is 0 Å². The van der Waals surface area contributed by atoms with E-state index in [1.54, 1.807) is 0 Å². The minimum Gasteiger partial charge on any atom is -0.329 e. The Labute approximate surface area is 132 Å². The van der Waals surface area contributed by atoms with Crippen LogP contribution in [0.2, 0.25) is 0 Å². The van der Waals surface area contributed by atoms with Gasteiger partial charge in [0.25, 0.3) is 0 Å². The van der Waals surface area contributed by atoms with Gasteiger partial charge in [-0.15, -0.1) is 0 Å². The third kappa shape index (κ3) is 5.88. The first-order valence-corrected chi connectivity index (χ1v) is 9.45. The Kier molecular flexibility index (Phi) is 8.05. The molecule has 2 fully saturated rings. The molecule has 0 amide bonds. The maximum absolute atomic E-state index is 6.07. The number of nitrogens with zero attached hydrogens (tertiary/aromatic N) is 2. The van der Waals surface area contributed by atoms with Crippen molar-refractivity contribution in [1.82, 2.24) is 9.80 Å². The van der Waals surface area contributed by atoms with Gasteiger partial charge in [-0.3, -0.25) is 4.90 Å². The summed E-state index contributed by atoms with van der Waals surface area (Å²) < 4.78 is 0. The van der Waals surface area contributed by atoms with Gasteiger partial charge < -0.3 is 10.6 Å². The van der Waals surface area contributed by atoms with Crippen LogP contribution in [-0.2, 0) is 0 Å². The Morgan fingerprint density at radius 1 is 0.810 bits per heavy atom. The van der Waals surface area contributed by atoms with E-state index in [0.29, 0.717) is 6.04 Å². The summed E-state index contributed by atoms with van der Waals surface area (Å²) in [4.78, 5) is 5.22. The molecule has 1 aliphatic carbocycles. The van der Waals surface area contributed by atoms with E-state index in [4.69, 9.17) is 5.73 Å². The summed E-state index contributed by atoms with van der Waals surface area (Å²) in [6.07, 6.45) is 15.8. The first kappa shape index (κ1) is 17.2. The summed E-state index contributed by atoms with van der Waals surface area (Å²) in [5, 5.41) is 0. The zero-order valence-electron chi connectivity index (χ0n) is 14.2. The van der Waals surface area contributed by atoms with Crippen molar-refractivity contribution in [2.45, 2.75) is 82.7 Å². The molecule has 1 unspecified atom stereocenters. The largest absolute Gasteiger partial charge is 0.329 e. The molecule has 3 nitrogen and oxygen atoms in total. The number of hydrogen-bond acceptors (Lipinski definition) is 3. The molecule has 124 valence electrons. The van der Waals surface area contributed by atoms with Crippen molar-refractivity contribution in [2.75, 3.05) is 33.2 Å². The topological polar surface area (TPSA) is 32.5 Å². The predicted molar refractivity (Wildman–Crippen MR) is 91.6 cm³/mol. The molecule has 1 heterocycles. The molecule has 1 saturated carbocycles. The molecule has 0 bridgehead atoms. The molecule has 0 aromatic heterocycles. The van der Waals surface area contributed by atoms with Crippen LogP contribution in [0.25, 0.3) is 0 Å². The van der Waals surface area contributed by atoms with Gasteiger partial charge in [0, 0.05) is 38.3 Å². The van der Waals surface area contributed by atoms with Crippen LogP contribution in [0.15, 0.2) is 0 Å². The van der Waals surface area contributed by atoms with Gasteiger partial charge >= 0.3 is 0 Å². The molecule has 21 heavy (non-hydrogen) atoms. The minimum atomic E-state index is 0.585. The van der Waals surface area contributed by atoms with Crippen LogP contribution in [0.1, 0.15) is 70.6 Å². The van der Waals surface area contributed by atoms with Gasteiger partial charge in [-0.2, -0.15) is 0 Å². The van der Waals surface area contributed by atoms with Crippen LogP contribution in [0, 0.1) is 0 Å². The molecule has 2 rings (SSSR count). The van der Waals surface area contributed by atoms with E-state index in [-0.39, 0.29) is 0 Å². The standard InChI is InChI=1S/C18H37N3/c1-20-13-14-21(18(15-19)16-20)17-11-9-7-5-3-2-4-6-8-10-12-17/h17-18H,2-16,19H2,1H3. The van der Waals surface area contributed by atoms with Gasteiger partial charge in [-0.05, 0) is 19.9 Å². The number of nitrogens with two attached hydrogens (primary N) is 1. The molecule has 2 aliphatic rings. The van der Waals surface area contributed by atoms with E-state index < -0.39 is 0 Å². The summed E-state index contributed by atoms with van der Waals surface area (Å²) in [7, 11) is 2.24. The quantitative estimate of drug-likeness (QED) is 0.849. The Balaban J connectivity index is 1.89. The summed E-state index contributed by atoms with van der Waals surface area (Å²) >= 11 is 0. The fourth-order valence-corrected chi connectivity index (χ4v) is 4.19. The van der Waals surface area contributed by atoms with Crippen LogP contribution >= 0.6 is 0 Å². The highest BCUT2D eigenvalue weighted by Gasteiger charge is 2.29. The van der Waals surface area contributed by atoms with Crippen molar-refractivity contribution < 1.29 is 0 Å². The second-order valence-electron chi connectivity index (χ2n) is 7.30. The van der Waals surface area contributed by atoms with Crippen LogP contribution in [0.4, 0.5) is 0 Å². The number of hydrogen-bond donors (Lipinski definition) is 1. The fraction of sp³-hybridized carbons (Fsp3) is 1.00. The van der Waals surface area contributed by atoms with Gasteiger partial charge in [-0.25, -0.2) is 0 Å². The van der Waals surface area contributed by atoms with Crippen molar-refractivity contribution in [2.24, 2.45) is 5.73 Å². The van der Waals surface area contributed by atoms with Gasteiger partial charge in [0.15, 0.2) is 0 Å². The van der Waals surface area contributed by atoms with E-state index in [1.807, 2.05) is 0 Å². The maximum atomic E-state index is 6.07. The lowest BCUT2D eigenvalue weighted by atomic mass is 9.95. The van der Waals surface area contributed by atoms with Crippen molar-refractivity contribution in [3.05, 3.63) is 0 Å². The zero-order chi connectivity index (χ0) is 14.9. The third-order valence-electron chi connectivity index (χ3n) is 5.55. The van der Waals surface area contributed by atoms with Gasteiger partial charge in [-0.1, -0.05) is 57.8 Å². The van der Waals surface area contributed by atoms with Gasteiger partial charge in [0.1, 0.15) is 0 Å². The lowest BCUT2D eigenvalue weighted by Gasteiger charge is -2.44. The molecule has 3 heteroatoms. The van der Waals surface area contributed by atoms with E-state index in [1.165, 1.54) is 83.7 Å². The molecule has 1 saturated heterocycles. The van der Waals surface area contributed by atoms with Crippen molar-refractivity contribution in [3.8, 4) is 0 Å². The SMILES string of the molecule is CN1CCN(C2CCCCCCCCCCC2)C(CN)C1. The normalized spacial score (nSPS) is 29.7. The molecule has 0 aromatic carbocycles. The molecule has 2 N–H and O–H groups in total. The zero-order valence-corrected chi connectivity index (χ0v) is 14.2. The molecule has 0 spiro atoms. The smallest absolute Gasteiger partial charge is 0.0349 e. The molecule has 0 aromatic rings. The van der Waals surface area contributed by atoms with Crippen molar-refractivity contribution in [1.29, 1.82) is 0 Å². The van der Waals surface area contributed by atoms with E-state index >= 15 is 0 Å². The lowest BCUT2D eigenvalue weighted by Crippen LogP contribution is -2.58. The number of likely N-dealkylation sites (N-methyl/N-ethyl adjacent to an activating group) is 1. The van der Waals surface area contributed by atoms with E-state index in [2.05, 4.69) is 16.8 Å². The molecule has 1 aliphatic heterocycles. The summed E-state index contributed by atoms with van der Waals surface area (Å²) in [6.45, 7) is 4.42. The first-order chi connectivity index (χ1) is 10.3. The second kappa shape index (κ2) is 9.81. The van der Waals surface area contributed by atoms with E-state index in [9.17, 15) is 0 Å². The fourth-order valence-electron chi connectivity index (χ4n) is 4.19. The van der Waals surface area contributed by atoms with Gasteiger partial charge in [0.05, 0.1) is 0 Å². The highest BCUT2D eigenvalue weighted by Crippen LogP contribution is 2.23. The van der Waals surface area contributed by atoms with Crippen molar-refractivity contribution in [3.63, 3.8) is 0 Å². The Morgan fingerprint density at radius 2 is 1.33 bits per heavy atom. The summed E-state index contributed by atoms with van der Waals surface area (Å²) in [5.41, 5.74) is 6.07. The summed E-state index contributed by atoms with van der Waals surface area (Å²) in [5.74, 6) is 0. The first-order valence-electron chi connectivity index (χ1n) is 9.45. The molecular formula is C18H37N3. The molecule has 0 radical (unpaired) electrons. The molecular weight excluding hydrogens is 258 g/mol. The highest BCUT2D eigenvalue weighted by molar-refractivity contribution is 4.86. The maximum Gasteiger partial charge on any atom is 0.0349 e. The highest BCUT2D eigenvalue weighted by atomic mass is 15.3. The minimum absolute atomic E-state index is 0.585. The number of rotatable bonds is 2. The van der Waals surface area contributed by atoms with Crippen LogP contribution in [-0.4, -0.2) is 55.1 Å². The summed E-state index contributed by atoms with van der Waals surface area (Å²) in [6, 6.07) is 1.38. The van der Waals surface area contributed by atoms with Crippen LogP contribution < -0.4 is 5.73 Å². The van der Waals surface area contributed by atoms with Crippen LogP contribution in [0.5, 0.6) is 0 Å². The van der Waals surface area contributed by atoms with Crippen molar-refractivity contribution >= 4 is 0 Å². The monoisotopic (exact) mass is 295 g/mol.